The number of hydrogen-bond donors (Lipinski definition) is 2. The van der Waals surface area contributed by atoms with Gasteiger partial charge in [0.25, 0.3) is 0 Å². The average Bonchev–Trinajstić information content (AvgIpc) is 2.53. The molecule has 1 aliphatic heterocycles. The predicted octanol–water partition coefficient (Wildman–Crippen LogP) is 1.44. The molecule has 1 unspecified atom stereocenters. The van der Waals surface area contributed by atoms with Crippen LogP contribution in [0.25, 0.3) is 0 Å². The first-order valence-electron chi connectivity index (χ1n) is 7.87. The van der Waals surface area contributed by atoms with Crippen molar-refractivity contribution in [2.75, 3.05) is 26.2 Å². The van der Waals surface area contributed by atoms with Crippen molar-refractivity contribution >= 4 is 5.91 Å². The van der Waals surface area contributed by atoms with Gasteiger partial charge in [-0.1, -0.05) is 30.3 Å². The summed E-state index contributed by atoms with van der Waals surface area (Å²) in [6.45, 7) is 4.24. The zero-order chi connectivity index (χ0) is 15.1. The summed E-state index contributed by atoms with van der Waals surface area (Å²) in [6, 6.07) is 10.5. The van der Waals surface area contributed by atoms with Gasteiger partial charge in [0, 0.05) is 6.54 Å². The second kappa shape index (κ2) is 8.15. The van der Waals surface area contributed by atoms with E-state index in [4.69, 9.17) is 5.11 Å². The third-order valence-electron chi connectivity index (χ3n) is 4.35. The third-order valence-corrected chi connectivity index (χ3v) is 4.35. The zero-order valence-electron chi connectivity index (χ0n) is 12.8. The van der Waals surface area contributed by atoms with Crippen LogP contribution in [0, 0.1) is 5.92 Å². The highest BCUT2D eigenvalue weighted by Gasteiger charge is 2.26. The number of carbonyl (C=O) groups excluding carboxylic acids is 1. The lowest BCUT2D eigenvalue weighted by Gasteiger charge is -2.35. The predicted molar refractivity (Wildman–Crippen MR) is 84.0 cm³/mol. The van der Waals surface area contributed by atoms with Gasteiger partial charge in [-0.05, 0) is 50.8 Å². The number of amides is 1. The van der Waals surface area contributed by atoms with Crippen molar-refractivity contribution in [1.29, 1.82) is 0 Å². The van der Waals surface area contributed by atoms with Crippen LogP contribution in [0.3, 0.4) is 0 Å². The Kier molecular flexibility index (Phi) is 6.21. The summed E-state index contributed by atoms with van der Waals surface area (Å²) in [4.78, 5) is 14.2. The van der Waals surface area contributed by atoms with E-state index in [2.05, 4.69) is 40.5 Å². The summed E-state index contributed by atoms with van der Waals surface area (Å²) < 4.78 is 0. The molecule has 1 heterocycles. The largest absolute Gasteiger partial charge is 0.395 e. The number of nitrogens with zero attached hydrogens (tertiary/aromatic N) is 1. The molecule has 0 bridgehead atoms. The van der Waals surface area contributed by atoms with Crippen molar-refractivity contribution < 1.29 is 9.90 Å². The lowest BCUT2D eigenvalue weighted by Crippen LogP contribution is -2.48. The summed E-state index contributed by atoms with van der Waals surface area (Å²) in [5.74, 6) is 0.738. The Morgan fingerprint density at radius 3 is 2.62 bits per heavy atom. The van der Waals surface area contributed by atoms with Crippen LogP contribution >= 0.6 is 0 Å². The van der Waals surface area contributed by atoms with Crippen molar-refractivity contribution in [3.8, 4) is 0 Å². The van der Waals surface area contributed by atoms with Crippen LogP contribution in [0.4, 0.5) is 0 Å². The van der Waals surface area contributed by atoms with Crippen LogP contribution in [0.2, 0.25) is 0 Å². The van der Waals surface area contributed by atoms with Crippen LogP contribution in [-0.4, -0.2) is 48.2 Å². The number of piperidine rings is 1. The highest BCUT2D eigenvalue weighted by Crippen LogP contribution is 2.22. The van der Waals surface area contributed by atoms with E-state index < -0.39 is 0 Å². The quantitative estimate of drug-likeness (QED) is 0.833. The van der Waals surface area contributed by atoms with Gasteiger partial charge in [-0.25, -0.2) is 0 Å². The van der Waals surface area contributed by atoms with E-state index in [-0.39, 0.29) is 18.6 Å². The number of likely N-dealkylation sites (tertiary alicyclic amines) is 1. The monoisotopic (exact) mass is 290 g/mol. The molecule has 1 amide bonds. The molecule has 4 heteroatoms. The van der Waals surface area contributed by atoms with Crippen molar-refractivity contribution in [2.24, 2.45) is 5.92 Å². The fraction of sp³-hybridized carbons (Fsp3) is 0.588. The Morgan fingerprint density at radius 1 is 1.33 bits per heavy atom. The van der Waals surface area contributed by atoms with E-state index in [0.717, 1.165) is 38.3 Å². The highest BCUT2D eigenvalue weighted by atomic mass is 16.3. The van der Waals surface area contributed by atoms with Crippen molar-refractivity contribution in [3.05, 3.63) is 35.9 Å². The van der Waals surface area contributed by atoms with Gasteiger partial charge in [-0.2, -0.15) is 0 Å². The molecule has 0 aromatic heterocycles. The SMILES string of the molecule is CC(C(=O)NCCO)N1CCC(Cc2ccccc2)CC1. The molecular weight excluding hydrogens is 264 g/mol. The van der Waals surface area contributed by atoms with Crippen molar-refractivity contribution in [2.45, 2.75) is 32.2 Å². The van der Waals surface area contributed by atoms with Crippen LogP contribution < -0.4 is 5.32 Å². The van der Waals surface area contributed by atoms with Crippen LogP contribution in [0.15, 0.2) is 30.3 Å². The summed E-state index contributed by atoms with van der Waals surface area (Å²) in [5, 5.41) is 11.5. The van der Waals surface area contributed by atoms with Gasteiger partial charge >= 0.3 is 0 Å². The molecule has 1 saturated heterocycles. The molecule has 0 spiro atoms. The number of aliphatic hydroxyl groups is 1. The number of carbonyl (C=O) groups is 1. The molecule has 1 aromatic rings. The molecule has 0 saturated carbocycles. The van der Waals surface area contributed by atoms with Crippen LogP contribution in [-0.2, 0) is 11.2 Å². The normalized spacial score (nSPS) is 18.4. The number of nitrogens with one attached hydrogen (secondary N) is 1. The standard InChI is InChI=1S/C17H26N2O2/c1-14(17(21)18-9-12-20)19-10-7-16(8-11-19)13-15-5-3-2-4-6-15/h2-6,14,16,20H,7-13H2,1H3,(H,18,21). The van der Waals surface area contributed by atoms with E-state index >= 15 is 0 Å². The molecular formula is C17H26N2O2. The number of benzene rings is 1. The van der Waals surface area contributed by atoms with Gasteiger partial charge < -0.3 is 10.4 Å². The van der Waals surface area contributed by atoms with Crippen LogP contribution in [0.1, 0.15) is 25.3 Å². The molecule has 116 valence electrons. The molecule has 4 nitrogen and oxygen atoms in total. The smallest absolute Gasteiger partial charge is 0.237 e. The molecule has 0 aliphatic carbocycles. The first kappa shape index (κ1) is 16.0. The minimum atomic E-state index is -0.103. The van der Waals surface area contributed by atoms with E-state index in [9.17, 15) is 4.79 Å². The fourth-order valence-electron chi connectivity index (χ4n) is 2.98. The fourth-order valence-corrected chi connectivity index (χ4v) is 2.98. The molecule has 1 fully saturated rings. The zero-order valence-corrected chi connectivity index (χ0v) is 12.8. The van der Waals surface area contributed by atoms with Crippen LogP contribution in [0.5, 0.6) is 0 Å². The minimum Gasteiger partial charge on any atom is -0.395 e. The summed E-state index contributed by atoms with van der Waals surface area (Å²) in [6.07, 6.45) is 3.43. The van der Waals surface area contributed by atoms with E-state index in [1.54, 1.807) is 0 Å². The lowest BCUT2D eigenvalue weighted by molar-refractivity contribution is -0.126. The summed E-state index contributed by atoms with van der Waals surface area (Å²) in [5.41, 5.74) is 1.41. The van der Waals surface area contributed by atoms with Gasteiger partial charge in [0.1, 0.15) is 0 Å². The maximum Gasteiger partial charge on any atom is 0.237 e. The molecule has 21 heavy (non-hydrogen) atoms. The van der Waals surface area contributed by atoms with Crippen molar-refractivity contribution in [1.82, 2.24) is 10.2 Å². The molecule has 1 aliphatic rings. The second-order valence-electron chi connectivity index (χ2n) is 5.86. The molecule has 2 rings (SSSR count). The molecule has 1 atom stereocenters. The molecule has 0 radical (unpaired) electrons. The Bertz CT molecular complexity index is 428. The van der Waals surface area contributed by atoms with Crippen molar-refractivity contribution in [3.63, 3.8) is 0 Å². The highest BCUT2D eigenvalue weighted by molar-refractivity contribution is 5.81. The molecule has 2 N–H and O–H groups in total. The Labute approximate surface area is 127 Å². The van der Waals surface area contributed by atoms with Gasteiger partial charge in [-0.3, -0.25) is 9.69 Å². The lowest BCUT2D eigenvalue weighted by atomic mass is 9.89. The van der Waals surface area contributed by atoms with E-state index in [0.29, 0.717) is 6.54 Å². The summed E-state index contributed by atoms with van der Waals surface area (Å²) in [7, 11) is 0. The maximum atomic E-state index is 11.9. The Morgan fingerprint density at radius 2 is 2.00 bits per heavy atom. The number of rotatable bonds is 6. The maximum absolute atomic E-state index is 11.9. The number of aliphatic hydroxyl groups excluding tert-OH is 1. The van der Waals surface area contributed by atoms with Gasteiger partial charge in [0.2, 0.25) is 5.91 Å². The Balaban J connectivity index is 1.76. The van der Waals surface area contributed by atoms with Gasteiger partial charge in [0.05, 0.1) is 12.6 Å². The average molecular weight is 290 g/mol. The first-order chi connectivity index (χ1) is 10.2. The summed E-state index contributed by atoms with van der Waals surface area (Å²) >= 11 is 0. The Hall–Kier alpha value is -1.39. The van der Waals surface area contributed by atoms with Gasteiger partial charge in [-0.15, -0.1) is 0 Å². The topological polar surface area (TPSA) is 52.6 Å². The van der Waals surface area contributed by atoms with Gasteiger partial charge in [0.15, 0.2) is 0 Å². The molecule has 1 aromatic carbocycles. The minimum absolute atomic E-state index is 0.00237. The number of hydrogen-bond acceptors (Lipinski definition) is 3. The van der Waals surface area contributed by atoms with E-state index in [1.165, 1.54) is 5.56 Å². The third kappa shape index (κ3) is 4.83. The first-order valence-corrected chi connectivity index (χ1v) is 7.87. The van der Waals surface area contributed by atoms with E-state index in [1.807, 2.05) is 6.92 Å². The second-order valence-corrected chi connectivity index (χ2v) is 5.86.